The number of nitrogens with one attached hydrogen (secondary N) is 1. The highest BCUT2D eigenvalue weighted by Crippen LogP contribution is 2.08. The lowest BCUT2D eigenvalue weighted by Crippen LogP contribution is -2.37. The Labute approximate surface area is 108 Å². The molecule has 0 unspecified atom stereocenters. The fraction of sp³-hybridized carbons (Fsp3) is 0.500. The van der Waals surface area contributed by atoms with E-state index >= 15 is 0 Å². The first-order valence-corrected chi connectivity index (χ1v) is 5.78. The minimum atomic E-state index is -1.19. The number of aromatic nitrogens is 3. The monoisotopic (exact) mass is 267 g/mol. The van der Waals surface area contributed by atoms with Crippen LogP contribution in [0.15, 0.2) is 0 Å². The number of imide groups is 1. The van der Waals surface area contributed by atoms with E-state index in [0.29, 0.717) is 25.2 Å². The summed E-state index contributed by atoms with van der Waals surface area (Å²) in [6, 6.07) is -0.443. The highest BCUT2D eigenvalue weighted by atomic mass is 16.4. The van der Waals surface area contributed by atoms with Gasteiger partial charge in [-0.1, -0.05) is 12.1 Å². The Morgan fingerprint density at radius 2 is 2.21 bits per heavy atom. The lowest BCUT2D eigenvalue weighted by atomic mass is 10.2. The number of hydrogen-bond acceptors (Lipinski definition) is 5. The lowest BCUT2D eigenvalue weighted by molar-refractivity contribution is -0.128. The van der Waals surface area contributed by atoms with E-state index in [1.165, 1.54) is 4.68 Å². The van der Waals surface area contributed by atoms with Gasteiger partial charge in [-0.2, -0.15) is 0 Å². The molecule has 0 atom stereocenters. The maximum atomic E-state index is 11.9. The molecule has 0 aromatic carbocycles. The second-order valence-corrected chi connectivity index (χ2v) is 3.98. The molecule has 0 bridgehead atoms. The van der Waals surface area contributed by atoms with Crippen molar-refractivity contribution in [1.29, 1.82) is 0 Å². The van der Waals surface area contributed by atoms with Crippen LogP contribution < -0.4 is 5.32 Å². The molecule has 9 nitrogen and oxygen atoms in total. The molecular formula is C10H13N5O4. The predicted molar refractivity (Wildman–Crippen MR) is 61.5 cm³/mol. The smallest absolute Gasteiger partial charge is 0.358 e. The number of carboxylic acids is 1. The van der Waals surface area contributed by atoms with Crippen LogP contribution in [0.5, 0.6) is 0 Å². The van der Waals surface area contributed by atoms with Crippen LogP contribution in [0.25, 0.3) is 0 Å². The van der Waals surface area contributed by atoms with Gasteiger partial charge in [-0.3, -0.25) is 9.69 Å². The number of amides is 3. The molecule has 2 rings (SSSR count). The average molecular weight is 267 g/mol. The van der Waals surface area contributed by atoms with Gasteiger partial charge in [0.15, 0.2) is 5.69 Å². The molecule has 1 aliphatic heterocycles. The van der Waals surface area contributed by atoms with E-state index in [0.717, 1.165) is 4.90 Å². The molecule has 19 heavy (non-hydrogen) atoms. The van der Waals surface area contributed by atoms with Gasteiger partial charge in [0.2, 0.25) is 0 Å². The quantitative estimate of drug-likeness (QED) is 0.729. The molecule has 0 saturated carbocycles. The largest absolute Gasteiger partial charge is 0.476 e. The molecule has 1 saturated heterocycles. The maximum absolute atomic E-state index is 11.9. The van der Waals surface area contributed by atoms with Crippen LogP contribution in [0.1, 0.15) is 23.1 Å². The Balaban J connectivity index is 2.17. The van der Waals surface area contributed by atoms with E-state index in [1.54, 1.807) is 6.92 Å². The Bertz CT molecular complexity index is 538. The van der Waals surface area contributed by atoms with E-state index in [1.807, 2.05) is 0 Å². The van der Waals surface area contributed by atoms with Crippen molar-refractivity contribution in [2.45, 2.75) is 19.9 Å². The molecule has 1 aliphatic rings. The fourth-order valence-electron chi connectivity index (χ4n) is 1.90. The molecule has 1 aromatic rings. The fourth-order valence-corrected chi connectivity index (χ4v) is 1.90. The summed E-state index contributed by atoms with van der Waals surface area (Å²) in [5.74, 6) is -1.62. The van der Waals surface area contributed by atoms with Crippen LogP contribution >= 0.6 is 0 Å². The highest BCUT2D eigenvalue weighted by molar-refractivity contribution is 5.95. The topological polar surface area (TPSA) is 117 Å². The molecule has 0 spiro atoms. The van der Waals surface area contributed by atoms with E-state index in [2.05, 4.69) is 15.6 Å². The maximum Gasteiger partial charge on any atom is 0.358 e. The van der Waals surface area contributed by atoms with E-state index in [9.17, 15) is 14.4 Å². The molecule has 9 heteroatoms. The van der Waals surface area contributed by atoms with Gasteiger partial charge < -0.3 is 10.4 Å². The number of carbonyl (C=O) groups excluding carboxylic acids is 2. The van der Waals surface area contributed by atoms with Crippen LogP contribution in [-0.4, -0.2) is 56.0 Å². The molecule has 0 radical (unpaired) electrons. The zero-order valence-electron chi connectivity index (χ0n) is 10.3. The zero-order chi connectivity index (χ0) is 14.0. The van der Waals surface area contributed by atoms with Crippen LogP contribution in [0, 0.1) is 0 Å². The first-order chi connectivity index (χ1) is 9.04. The van der Waals surface area contributed by atoms with Crippen molar-refractivity contribution in [3.05, 3.63) is 11.4 Å². The third kappa shape index (κ3) is 2.39. The predicted octanol–water partition coefficient (Wildman–Crippen LogP) is -0.909. The van der Waals surface area contributed by atoms with Gasteiger partial charge in [0.25, 0.3) is 5.91 Å². The SMILES string of the molecule is CCc1c(C(=O)O)nnn1CC(=O)N1CCNC1=O. The summed E-state index contributed by atoms with van der Waals surface area (Å²) in [5, 5.41) is 18.6. The van der Waals surface area contributed by atoms with Gasteiger partial charge in [0, 0.05) is 13.1 Å². The summed E-state index contributed by atoms with van der Waals surface area (Å²) in [7, 11) is 0. The van der Waals surface area contributed by atoms with Crippen LogP contribution in [0.3, 0.4) is 0 Å². The first kappa shape index (κ1) is 13.0. The summed E-state index contributed by atoms with van der Waals surface area (Å²) >= 11 is 0. The van der Waals surface area contributed by atoms with E-state index in [-0.39, 0.29) is 12.2 Å². The number of urea groups is 1. The molecule has 2 heterocycles. The second kappa shape index (κ2) is 5.04. The van der Waals surface area contributed by atoms with Crippen LogP contribution in [0.4, 0.5) is 4.79 Å². The Kier molecular flexibility index (Phi) is 3.45. The Morgan fingerprint density at radius 3 is 2.74 bits per heavy atom. The summed E-state index contributed by atoms with van der Waals surface area (Å²) < 4.78 is 1.22. The molecular weight excluding hydrogens is 254 g/mol. The summed E-state index contributed by atoms with van der Waals surface area (Å²) in [6.07, 6.45) is 0.383. The standard InChI is InChI=1S/C10H13N5O4/c1-2-6-8(9(17)18)12-13-15(6)5-7(16)14-4-3-11-10(14)19/h2-5H2,1H3,(H,11,19)(H,17,18). The van der Waals surface area contributed by atoms with Crippen molar-refractivity contribution in [1.82, 2.24) is 25.2 Å². The van der Waals surface area contributed by atoms with Gasteiger partial charge in [-0.05, 0) is 6.42 Å². The summed E-state index contributed by atoms with van der Waals surface area (Å²) in [6.45, 7) is 2.27. The van der Waals surface area contributed by atoms with Gasteiger partial charge >= 0.3 is 12.0 Å². The second-order valence-electron chi connectivity index (χ2n) is 3.98. The van der Waals surface area contributed by atoms with E-state index in [4.69, 9.17) is 5.11 Å². The normalized spacial score (nSPS) is 14.6. The highest BCUT2D eigenvalue weighted by Gasteiger charge is 2.27. The molecule has 2 N–H and O–H groups in total. The minimum absolute atomic E-state index is 0.166. The zero-order valence-corrected chi connectivity index (χ0v) is 10.3. The molecule has 0 aliphatic carbocycles. The number of nitrogens with zero attached hydrogens (tertiary/aromatic N) is 4. The summed E-state index contributed by atoms with van der Waals surface area (Å²) in [4.78, 5) is 35.2. The number of carboxylic acid groups (broad SMARTS) is 1. The minimum Gasteiger partial charge on any atom is -0.476 e. The van der Waals surface area contributed by atoms with Gasteiger partial charge in [-0.25, -0.2) is 14.3 Å². The van der Waals surface area contributed by atoms with Gasteiger partial charge in [0.05, 0.1) is 5.69 Å². The lowest BCUT2D eigenvalue weighted by Gasteiger charge is -2.12. The van der Waals surface area contributed by atoms with Gasteiger partial charge in [0.1, 0.15) is 6.54 Å². The number of hydrogen-bond donors (Lipinski definition) is 2. The van der Waals surface area contributed by atoms with Crippen molar-refractivity contribution in [3.8, 4) is 0 Å². The van der Waals surface area contributed by atoms with Crippen molar-refractivity contribution < 1.29 is 19.5 Å². The number of rotatable bonds is 4. The molecule has 1 fully saturated rings. The average Bonchev–Trinajstić information content (AvgIpc) is 2.94. The number of carbonyl (C=O) groups is 3. The van der Waals surface area contributed by atoms with Crippen molar-refractivity contribution in [3.63, 3.8) is 0 Å². The van der Waals surface area contributed by atoms with Crippen LogP contribution in [0.2, 0.25) is 0 Å². The van der Waals surface area contributed by atoms with Gasteiger partial charge in [-0.15, -0.1) is 5.10 Å². The third-order valence-corrected chi connectivity index (χ3v) is 2.82. The van der Waals surface area contributed by atoms with Crippen molar-refractivity contribution in [2.75, 3.05) is 13.1 Å². The molecule has 1 aromatic heterocycles. The van der Waals surface area contributed by atoms with Crippen LogP contribution in [-0.2, 0) is 17.8 Å². The first-order valence-electron chi connectivity index (χ1n) is 5.78. The number of aromatic carboxylic acids is 1. The summed E-state index contributed by atoms with van der Waals surface area (Å²) in [5.41, 5.74) is 0.196. The Morgan fingerprint density at radius 1 is 1.47 bits per heavy atom. The third-order valence-electron chi connectivity index (χ3n) is 2.82. The molecule has 3 amide bonds. The van der Waals surface area contributed by atoms with Crippen molar-refractivity contribution in [2.24, 2.45) is 0 Å². The van der Waals surface area contributed by atoms with Crippen molar-refractivity contribution >= 4 is 17.9 Å². The molecule has 102 valence electrons. The van der Waals surface area contributed by atoms with E-state index < -0.39 is 17.9 Å². The Hall–Kier alpha value is -2.45.